The van der Waals surface area contributed by atoms with E-state index in [1.165, 1.54) is 6.08 Å². The van der Waals surface area contributed by atoms with Gasteiger partial charge < -0.3 is 4.74 Å². The van der Waals surface area contributed by atoms with Crippen LogP contribution in [-0.4, -0.2) is 17.8 Å². The molecule has 3 aromatic rings. The summed E-state index contributed by atoms with van der Waals surface area (Å²) in [5, 5.41) is 3.30. The molecule has 4 amide bonds. The van der Waals surface area contributed by atoms with Crippen LogP contribution >= 0.6 is 23.2 Å². The Morgan fingerprint density at radius 3 is 2.41 bits per heavy atom. The number of hydrogen-bond donors (Lipinski definition) is 1. The normalized spacial score (nSPS) is 14.6. The monoisotopic (exact) mass is 534 g/mol. The average molecular weight is 535 g/mol. The predicted octanol–water partition coefficient (Wildman–Crippen LogP) is 6.53. The molecular formula is C29H24Cl2N2O4. The number of nitrogens with zero attached hydrogens (tertiary/aromatic N) is 1. The van der Waals surface area contributed by atoms with Crippen molar-refractivity contribution in [3.8, 4) is 5.75 Å². The highest BCUT2D eigenvalue weighted by atomic mass is 35.5. The number of hydrogen-bond acceptors (Lipinski definition) is 4. The summed E-state index contributed by atoms with van der Waals surface area (Å²) in [4.78, 5) is 39.2. The quantitative estimate of drug-likeness (QED) is 0.202. The molecule has 4 rings (SSSR count). The summed E-state index contributed by atoms with van der Waals surface area (Å²) in [7, 11) is 0. The maximum Gasteiger partial charge on any atom is 0.335 e. The van der Waals surface area contributed by atoms with E-state index < -0.39 is 17.8 Å². The minimum atomic E-state index is -0.784. The molecule has 0 bridgehead atoms. The van der Waals surface area contributed by atoms with Gasteiger partial charge in [-0.2, -0.15) is 0 Å². The Morgan fingerprint density at radius 2 is 1.73 bits per heavy atom. The van der Waals surface area contributed by atoms with Gasteiger partial charge in [-0.25, -0.2) is 9.69 Å². The van der Waals surface area contributed by atoms with Crippen molar-refractivity contribution in [2.75, 3.05) is 4.90 Å². The molecule has 0 unspecified atom stereocenters. The summed E-state index contributed by atoms with van der Waals surface area (Å²) in [6.45, 7) is 6.05. The highest BCUT2D eigenvalue weighted by molar-refractivity contribution is 6.39. The van der Waals surface area contributed by atoms with Gasteiger partial charge in [-0.1, -0.05) is 60.5 Å². The Labute approximate surface area is 225 Å². The van der Waals surface area contributed by atoms with Crippen LogP contribution in [0.2, 0.25) is 10.0 Å². The summed E-state index contributed by atoms with van der Waals surface area (Å²) in [5.41, 5.74) is 3.49. The van der Waals surface area contributed by atoms with E-state index in [-0.39, 0.29) is 12.2 Å². The lowest BCUT2D eigenvalue weighted by molar-refractivity contribution is -0.122. The standard InChI is InChI=1S/C29H24Cl2N2O4/c1-3-5-20-14-19(8-13-26(20)37-17-21-9-10-22(30)16-25(21)31)15-24-27(34)32-29(36)33(28(24)35)23-11-6-18(4-2)7-12-23/h3,6-16H,1,4-5,17H2,2H3,(H,32,34,36)/b24-15-. The van der Waals surface area contributed by atoms with Gasteiger partial charge in [0.15, 0.2) is 0 Å². The van der Waals surface area contributed by atoms with Crippen LogP contribution in [0, 0.1) is 0 Å². The zero-order valence-electron chi connectivity index (χ0n) is 20.1. The van der Waals surface area contributed by atoms with Crippen LogP contribution in [0.1, 0.15) is 29.2 Å². The minimum Gasteiger partial charge on any atom is -0.489 e. The van der Waals surface area contributed by atoms with E-state index in [4.69, 9.17) is 27.9 Å². The van der Waals surface area contributed by atoms with Gasteiger partial charge >= 0.3 is 6.03 Å². The van der Waals surface area contributed by atoms with Crippen molar-refractivity contribution in [2.45, 2.75) is 26.4 Å². The van der Waals surface area contributed by atoms with Crippen molar-refractivity contribution in [3.05, 3.63) is 111 Å². The number of halogens is 2. The molecule has 0 atom stereocenters. The first-order valence-electron chi connectivity index (χ1n) is 11.6. The molecule has 1 fully saturated rings. The van der Waals surface area contributed by atoms with E-state index in [2.05, 4.69) is 11.9 Å². The molecule has 37 heavy (non-hydrogen) atoms. The van der Waals surface area contributed by atoms with Gasteiger partial charge in [0, 0.05) is 15.6 Å². The maximum atomic E-state index is 13.2. The first kappa shape index (κ1) is 26.2. The van der Waals surface area contributed by atoms with Crippen LogP contribution in [0.15, 0.2) is 78.9 Å². The number of barbiturate groups is 1. The molecule has 1 aliphatic heterocycles. The van der Waals surface area contributed by atoms with Crippen molar-refractivity contribution in [1.29, 1.82) is 0 Å². The number of allylic oxidation sites excluding steroid dienone is 1. The molecule has 0 aliphatic carbocycles. The van der Waals surface area contributed by atoms with Crippen molar-refractivity contribution in [1.82, 2.24) is 5.32 Å². The zero-order chi connectivity index (χ0) is 26.5. The Morgan fingerprint density at radius 1 is 0.973 bits per heavy atom. The molecule has 1 heterocycles. The lowest BCUT2D eigenvalue weighted by Crippen LogP contribution is -2.54. The third kappa shape index (κ3) is 5.93. The third-order valence-electron chi connectivity index (χ3n) is 5.86. The number of ether oxygens (including phenoxy) is 1. The van der Waals surface area contributed by atoms with Crippen molar-refractivity contribution < 1.29 is 19.1 Å². The lowest BCUT2D eigenvalue weighted by Gasteiger charge is -2.26. The summed E-state index contributed by atoms with van der Waals surface area (Å²) in [5.74, 6) is -0.833. The minimum absolute atomic E-state index is 0.148. The fourth-order valence-electron chi connectivity index (χ4n) is 3.88. The number of benzene rings is 3. The molecule has 0 aromatic heterocycles. The Balaban J connectivity index is 1.61. The number of anilines is 1. The van der Waals surface area contributed by atoms with Crippen LogP contribution in [0.5, 0.6) is 5.75 Å². The molecule has 6 nitrogen and oxygen atoms in total. The second-order valence-corrected chi connectivity index (χ2v) is 9.21. The number of aryl methyl sites for hydroxylation is 1. The number of urea groups is 1. The molecule has 1 saturated heterocycles. The van der Waals surface area contributed by atoms with Crippen LogP contribution in [0.4, 0.5) is 10.5 Å². The van der Waals surface area contributed by atoms with E-state index in [1.807, 2.05) is 25.1 Å². The largest absolute Gasteiger partial charge is 0.489 e. The summed E-state index contributed by atoms with van der Waals surface area (Å²) >= 11 is 12.2. The molecule has 0 saturated carbocycles. The zero-order valence-corrected chi connectivity index (χ0v) is 21.6. The van der Waals surface area contributed by atoms with Crippen molar-refractivity contribution in [2.24, 2.45) is 0 Å². The Bertz CT molecular complexity index is 1410. The first-order valence-corrected chi connectivity index (χ1v) is 12.4. The van der Waals surface area contributed by atoms with Crippen LogP contribution in [0.3, 0.4) is 0 Å². The molecule has 3 aromatic carbocycles. The van der Waals surface area contributed by atoms with Crippen LogP contribution in [0.25, 0.3) is 6.08 Å². The lowest BCUT2D eigenvalue weighted by atomic mass is 10.0. The van der Waals surface area contributed by atoms with Gasteiger partial charge in [0.2, 0.25) is 0 Å². The summed E-state index contributed by atoms with van der Waals surface area (Å²) < 4.78 is 6.00. The second kappa shape index (κ2) is 11.5. The summed E-state index contributed by atoms with van der Waals surface area (Å²) in [6.07, 6.45) is 4.51. The Hall–Kier alpha value is -3.87. The molecular weight excluding hydrogens is 511 g/mol. The van der Waals surface area contributed by atoms with E-state index >= 15 is 0 Å². The number of nitrogens with one attached hydrogen (secondary N) is 1. The van der Waals surface area contributed by atoms with Gasteiger partial charge in [-0.05, 0) is 72.0 Å². The van der Waals surface area contributed by atoms with Gasteiger partial charge in [0.25, 0.3) is 11.8 Å². The molecule has 8 heteroatoms. The molecule has 0 radical (unpaired) electrons. The van der Waals surface area contributed by atoms with Crippen molar-refractivity contribution in [3.63, 3.8) is 0 Å². The highest BCUT2D eigenvalue weighted by Crippen LogP contribution is 2.28. The predicted molar refractivity (Wildman–Crippen MR) is 146 cm³/mol. The van der Waals surface area contributed by atoms with E-state index in [1.54, 1.807) is 48.5 Å². The highest BCUT2D eigenvalue weighted by Gasteiger charge is 2.36. The molecule has 1 aliphatic rings. The average Bonchev–Trinajstić information content (AvgIpc) is 2.87. The van der Waals surface area contributed by atoms with Crippen LogP contribution < -0.4 is 15.0 Å². The topological polar surface area (TPSA) is 75.7 Å². The number of imide groups is 2. The van der Waals surface area contributed by atoms with Crippen LogP contribution in [-0.2, 0) is 29.0 Å². The number of carbonyl (C=O) groups excluding carboxylic acids is 3. The SMILES string of the molecule is C=CCc1cc(/C=C2/C(=O)NC(=O)N(c3ccc(CC)cc3)C2=O)ccc1OCc1ccc(Cl)cc1Cl. The number of rotatable bonds is 8. The molecule has 188 valence electrons. The number of amides is 4. The summed E-state index contributed by atoms with van der Waals surface area (Å²) in [6, 6.07) is 16.8. The smallest absolute Gasteiger partial charge is 0.335 e. The second-order valence-electron chi connectivity index (χ2n) is 8.36. The van der Waals surface area contributed by atoms with E-state index in [9.17, 15) is 14.4 Å². The fourth-order valence-corrected chi connectivity index (χ4v) is 4.34. The molecule has 0 spiro atoms. The van der Waals surface area contributed by atoms with Gasteiger partial charge in [0.05, 0.1) is 5.69 Å². The Kier molecular flexibility index (Phi) is 8.11. The van der Waals surface area contributed by atoms with Crippen molar-refractivity contribution >= 4 is 52.8 Å². The number of carbonyl (C=O) groups is 3. The van der Waals surface area contributed by atoms with E-state index in [0.29, 0.717) is 33.5 Å². The van der Waals surface area contributed by atoms with Gasteiger partial charge in [0.1, 0.15) is 17.9 Å². The third-order valence-corrected chi connectivity index (χ3v) is 6.45. The van der Waals surface area contributed by atoms with Gasteiger partial charge in [-0.3, -0.25) is 14.9 Å². The van der Waals surface area contributed by atoms with E-state index in [0.717, 1.165) is 28.0 Å². The fraction of sp³-hybridized carbons (Fsp3) is 0.138. The first-order chi connectivity index (χ1) is 17.8. The van der Waals surface area contributed by atoms with Gasteiger partial charge in [-0.15, -0.1) is 6.58 Å². The maximum absolute atomic E-state index is 13.2. The molecule has 1 N–H and O–H groups in total.